The Bertz CT molecular complexity index is 930. The van der Waals surface area contributed by atoms with Crippen molar-refractivity contribution in [2.45, 2.75) is 49.4 Å². The summed E-state index contributed by atoms with van der Waals surface area (Å²) >= 11 is 0. The van der Waals surface area contributed by atoms with Gasteiger partial charge in [0.1, 0.15) is 5.75 Å². The lowest BCUT2D eigenvalue weighted by Gasteiger charge is -2.38. The molecule has 0 aromatic heterocycles. The Kier molecular flexibility index (Phi) is 7.33. The van der Waals surface area contributed by atoms with Crippen molar-refractivity contribution < 1.29 is 19.1 Å². The lowest BCUT2D eigenvalue weighted by atomic mass is 9.74. The van der Waals surface area contributed by atoms with Gasteiger partial charge in [0.15, 0.2) is 0 Å². The number of ether oxygens (including phenoxy) is 2. The van der Waals surface area contributed by atoms with Gasteiger partial charge in [-0.15, -0.1) is 0 Å². The van der Waals surface area contributed by atoms with E-state index in [4.69, 9.17) is 9.47 Å². The van der Waals surface area contributed by atoms with Crippen LogP contribution in [0.4, 0.5) is 0 Å². The third kappa shape index (κ3) is 5.22. The van der Waals surface area contributed by atoms with Crippen molar-refractivity contribution in [3.8, 4) is 5.75 Å². The van der Waals surface area contributed by atoms with Crippen LogP contribution in [-0.2, 0) is 25.2 Å². The Labute approximate surface area is 196 Å². The molecule has 0 unspecified atom stereocenters. The third-order valence-electron chi connectivity index (χ3n) is 7.48. The van der Waals surface area contributed by atoms with Crippen molar-refractivity contribution in [1.29, 1.82) is 0 Å². The maximum atomic E-state index is 12.7. The predicted octanol–water partition coefficient (Wildman–Crippen LogP) is 3.49. The van der Waals surface area contributed by atoms with E-state index in [2.05, 4.69) is 22.8 Å². The summed E-state index contributed by atoms with van der Waals surface area (Å²) in [6.45, 7) is 2.15. The zero-order chi connectivity index (χ0) is 23.2. The monoisotopic (exact) mass is 450 g/mol. The Morgan fingerprint density at radius 1 is 0.788 bits per heavy atom. The van der Waals surface area contributed by atoms with E-state index in [1.165, 1.54) is 5.56 Å². The van der Waals surface area contributed by atoms with E-state index in [0.29, 0.717) is 26.3 Å². The number of carbonyl (C=O) groups is 2. The molecule has 1 aliphatic heterocycles. The van der Waals surface area contributed by atoms with Crippen LogP contribution in [0.2, 0.25) is 0 Å². The smallest absolute Gasteiger partial charge is 0.309 e. The fourth-order valence-corrected chi connectivity index (χ4v) is 5.34. The Morgan fingerprint density at radius 3 is 1.85 bits per heavy atom. The molecule has 0 radical (unpaired) electrons. The summed E-state index contributed by atoms with van der Waals surface area (Å²) in [5.41, 5.74) is 2.03. The summed E-state index contributed by atoms with van der Waals surface area (Å²) in [5.74, 6) is -0.339. The summed E-state index contributed by atoms with van der Waals surface area (Å²) < 4.78 is 10.9. The molecule has 1 aliphatic carbocycles. The van der Waals surface area contributed by atoms with Crippen LogP contribution in [0.5, 0.6) is 5.75 Å². The van der Waals surface area contributed by atoms with Crippen molar-refractivity contribution in [3.63, 3.8) is 0 Å². The average Bonchev–Trinajstić information content (AvgIpc) is 3.37. The fourth-order valence-electron chi connectivity index (χ4n) is 5.34. The number of benzene rings is 2. The van der Waals surface area contributed by atoms with Gasteiger partial charge in [-0.1, -0.05) is 55.3 Å². The Balaban J connectivity index is 1.38. The first kappa shape index (κ1) is 23.3. The van der Waals surface area contributed by atoms with Crippen LogP contribution in [-0.4, -0.2) is 45.2 Å². The molecule has 2 fully saturated rings. The van der Waals surface area contributed by atoms with Crippen molar-refractivity contribution in [3.05, 3.63) is 65.7 Å². The number of hydrogen-bond donors (Lipinski definition) is 2. The van der Waals surface area contributed by atoms with Crippen LogP contribution < -0.4 is 15.4 Å². The van der Waals surface area contributed by atoms with Crippen molar-refractivity contribution in [2.75, 3.05) is 33.4 Å². The maximum absolute atomic E-state index is 12.7. The number of methoxy groups -OCH3 is 1. The van der Waals surface area contributed by atoms with Crippen molar-refractivity contribution >= 4 is 11.8 Å². The molecule has 0 atom stereocenters. The molecule has 6 nitrogen and oxygen atoms in total. The molecule has 1 saturated carbocycles. The number of rotatable bonds is 7. The van der Waals surface area contributed by atoms with Crippen LogP contribution in [0.1, 0.15) is 49.7 Å². The van der Waals surface area contributed by atoms with E-state index < -0.39 is 11.8 Å². The van der Waals surface area contributed by atoms with E-state index in [1.807, 2.05) is 42.5 Å². The van der Waals surface area contributed by atoms with Gasteiger partial charge in [-0.25, -0.2) is 0 Å². The first-order valence-corrected chi connectivity index (χ1v) is 11.9. The molecule has 0 bridgehead atoms. The van der Waals surface area contributed by atoms with Crippen LogP contribution in [0.15, 0.2) is 54.6 Å². The van der Waals surface area contributed by atoms with Crippen LogP contribution >= 0.6 is 0 Å². The molecular formula is C27H34N2O4. The highest BCUT2D eigenvalue weighted by Crippen LogP contribution is 2.40. The minimum atomic E-state index is -0.574. The highest BCUT2D eigenvalue weighted by atomic mass is 16.5. The van der Waals surface area contributed by atoms with E-state index in [1.54, 1.807) is 7.11 Å². The molecule has 33 heavy (non-hydrogen) atoms. The van der Waals surface area contributed by atoms with Crippen LogP contribution in [0, 0.1) is 0 Å². The number of carbonyl (C=O) groups excluding carboxylic acids is 2. The van der Waals surface area contributed by atoms with E-state index >= 15 is 0 Å². The van der Waals surface area contributed by atoms with Crippen LogP contribution in [0.3, 0.4) is 0 Å². The van der Waals surface area contributed by atoms with Gasteiger partial charge in [0.2, 0.25) is 0 Å². The topological polar surface area (TPSA) is 76.7 Å². The van der Waals surface area contributed by atoms with Gasteiger partial charge >= 0.3 is 11.8 Å². The quantitative estimate of drug-likeness (QED) is 0.633. The van der Waals surface area contributed by atoms with Crippen LogP contribution in [0.25, 0.3) is 0 Å². The fraction of sp³-hybridized carbons (Fsp3) is 0.481. The highest BCUT2D eigenvalue weighted by molar-refractivity contribution is 6.35. The second-order valence-corrected chi connectivity index (χ2v) is 9.34. The molecule has 2 aliphatic rings. The summed E-state index contributed by atoms with van der Waals surface area (Å²) in [6.07, 6.45) is 5.92. The van der Waals surface area contributed by atoms with Gasteiger partial charge in [0.05, 0.1) is 7.11 Å². The zero-order valence-electron chi connectivity index (χ0n) is 19.4. The lowest BCUT2D eigenvalue weighted by molar-refractivity contribution is -0.139. The molecule has 176 valence electrons. The summed E-state index contributed by atoms with van der Waals surface area (Å²) in [6, 6.07) is 18.3. The summed E-state index contributed by atoms with van der Waals surface area (Å²) in [7, 11) is 1.64. The molecule has 0 spiro atoms. The SMILES string of the molecule is COc1ccc(C2(CNC(=O)C(=O)NCC3(c4ccccc4)CCCC3)CCOCC2)cc1. The second kappa shape index (κ2) is 10.4. The highest BCUT2D eigenvalue weighted by Gasteiger charge is 2.37. The normalized spacial score (nSPS) is 18.9. The maximum Gasteiger partial charge on any atom is 0.309 e. The first-order valence-electron chi connectivity index (χ1n) is 11.9. The van der Waals surface area contributed by atoms with Gasteiger partial charge in [-0.3, -0.25) is 9.59 Å². The minimum absolute atomic E-state index is 0.0811. The van der Waals surface area contributed by atoms with Crippen molar-refractivity contribution in [1.82, 2.24) is 10.6 Å². The molecule has 2 aromatic carbocycles. The zero-order valence-corrected chi connectivity index (χ0v) is 19.4. The van der Waals surface area contributed by atoms with Gasteiger partial charge in [-0.2, -0.15) is 0 Å². The minimum Gasteiger partial charge on any atom is -0.497 e. The molecule has 1 saturated heterocycles. The van der Waals surface area contributed by atoms with Gasteiger partial charge in [0.25, 0.3) is 0 Å². The van der Waals surface area contributed by atoms with E-state index in [0.717, 1.165) is 49.8 Å². The van der Waals surface area contributed by atoms with E-state index in [-0.39, 0.29) is 10.8 Å². The molecule has 6 heteroatoms. The summed E-state index contributed by atoms with van der Waals surface area (Å²) in [5, 5.41) is 5.84. The average molecular weight is 451 g/mol. The largest absolute Gasteiger partial charge is 0.497 e. The lowest BCUT2D eigenvalue weighted by Crippen LogP contribution is -2.50. The van der Waals surface area contributed by atoms with Crippen molar-refractivity contribution in [2.24, 2.45) is 0 Å². The number of nitrogens with one attached hydrogen (secondary N) is 2. The van der Waals surface area contributed by atoms with Gasteiger partial charge in [-0.05, 0) is 48.9 Å². The Hall–Kier alpha value is -2.86. The molecule has 1 heterocycles. The van der Waals surface area contributed by atoms with Gasteiger partial charge < -0.3 is 20.1 Å². The Morgan fingerprint density at radius 2 is 1.30 bits per heavy atom. The molecular weight excluding hydrogens is 416 g/mol. The summed E-state index contributed by atoms with van der Waals surface area (Å²) in [4.78, 5) is 25.4. The predicted molar refractivity (Wildman–Crippen MR) is 127 cm³/mol. The molecule has 2 aromatic rings. The third-order valence-corrected chi connectivity index (χ3v) is 7.48. The molecule has 4 rings (SSSR count). The second-order valence-electron chi connectivity index (χ2n) is 9.34. The molecule has 2 amide bonds. The van der Waals surface area contributed by atoms with Gasteiger partial charge in [0, 0.05) is 37.1 Å². The first-order chi connectivity index (χ1) is 16.1. The van der Waals surface area contributed by atoms with E-state index in [9.17, 15) is 9.59 Å². The molecule has 2 N–H and O–H groups in total. The standard InChI is InChI=1S/C27H34N2O4/c1-32-23-11-9-22(10-12-23)27(15-17-33-18-16-27)20-29-25(31)24(30)28-19-26(13-5-6-14-26)21-7-3-2-4-8-21/h2-4,7-12H,5-6,13-20H2,1H3,(H,28,30)(H,29,31). The number of hydrogen-bond acceptors (Lipinski definition) is 4. The number of amides is 2.